The first-order chi connectivity index (χ1) is 11.2. The number of hydrogen-bond acceptors (Lipinski definition) is 5. The van der Waals surface area contributed by atoms with Crippen molar-refractivity contribution in [2.75, 3.05) is 0 Å². The van der Waals surface area contributed by atoms with Gasteiger partial charge in [0.15, 0.2) is 11.9 Å². The molecule has 0 saturated carbocycles. The third kappa shape index (κ3) is 2.40. The van der Waals surface area contributed by atoms with E-state index in [4.69, 9.17) is 4.42 Å². The molecule has 0 bridgehead atoms. The standard InChI is InChI=1S/C17H12N4O2/c1-21-9-13(8-19-21)11-2-3-16-15(7-11)20-17(23-16)12-4-5-18-14(6-12)10-22/h2-10H,1H3. The Hall–Kier alpha value is -3.28. The van der Waals surface area contributed by atoms with Gasteiger partial charge in [-0.3, -0.25) is 14.5 Å². The number of benzene rings is 1. The lowest BCUT2D eigenvalue weighted by Gasteiger charge is -1.95. The predicted octanol–water partition coefficient (Wildman–Crippen LogP) is 3.10. The summed E-state index contributed by atoms with van der Waals surface area (Å²) in [6.07, 6.45) is 6.02. The summed E-state index contributed by atoms with van der Waals surface area (Å²) in [7, 11) is 1.88. The molecule has 6 heteroatoms. The SMILES string of the molecule is Cn1cc(-c2ccc3oc(-c4ccnc(C=O)c4)nc3c2)cn1. The Bertz CT molecular complexity index is 1020. The van der Waals surface area contributed by atoms with Gasteiger partial charge in [-0.15, -0.1) is 0 Å². The van der Waals surface area contributed by atoms with Crippen LogP contribution < -0.4 is 0 Å². The van der Waals surface area contributed by atoms with Crippen LogP contribution in [-0.4, -0.2) is 26.0 Å². The molecule has 112 valence electrons. The summed E-state index contributed by atoms with van der Waals surface area (Å²) in [5.74, 6) is 0.467. The molecule has 0 fully saturated rings. The summed E-state index contributed by atoms with van der Waals surface area (Å²) >= 11 is 0. The molecule has 0 aliphatic carbocycles. The second kappa shape index (κ2) is 5.17. The monoisotopic (exact) mass is 304 g/mol. The van der Waals surface area contributed by atoms with Crippen molar-refractivity contribution in [2.24, 2.45) is 7.05 Å². The minimum atomic E-state index is 0.348. The van der Waals surface area contributed by atoms with Gasteiger partial charge in [-0.25, -0.2) is 4.98 Å². The Morgan fingerprint density at radius 1 is 1.13 bits per heavy atom. The highest BCUT2D eigenvalue weighted by Crippen LogP contribution is 2.28. The van der Waals surface area contributed by atoms with Crippen LogP contribution in [0.4, 0.5) is 0 Å². The fourth-order valence-corrected chi connectivity index (χ4v) is 2.45. The maximum absolute atomic E-state index is 10.8. The maximum atomic E-state index is 10.8. The molecule has 23 heavy (non-hydrogen) atoms. The number of oxazole rings is 1. The summed E-state index contributed by atoms with van der Waals surface area (Å²) in [6, 6.07) is 9.23. The van der Waals surface area contributed by atoms with Crippen molar-refractivity contribution in [3.63, 3.8) is 0 Å². The van der Waals surface area contributed by atoms with E-state index in [0.29, 0.717) is 23.5 Å². The Balaban J connectivity index is 1.80. The van der Waals surface area contributed by atoms with Gasteiger partial charge in [0.2, 0.25) is 5.89 Å². The van der Waals surface area contributed by atoms with E-state index in [1.54, 1.807) is 29.2 Å². The molecule has 0 atom stereocenters. The van der Waals surface area contributed by atoms with Crippen LogP contribution in [-0.2, 0) is 7.05 Å². The van der Waals surface area contributed by atoms with Gasteiger partial charge < -0.3 is 4.42 Å². The summed E-state index contributed by atoms with van der Waals surface area (Å²) in [4.78, 5) is 19.3. The average Bonchev–Trinajstić information content (AvgIpc) is 3.20. The topological polar surface area (TPSA) is 73.8 Å². The fourth-order valence-electron chi connectivity index (χ4n) is 2.45. The van der Waals surface area contributed by atoms with Crippen LogP contribution in [0.1, 0.15) is 10.5 Å². The van der Waals surface area contributed by atoms with E-state index >= 15 is 0 Å². The first kappa shape index (κ1) is 13.4. The van der Waals surface area contributed by atoms with Gasteiger partial charge in [0.1, 0.15) is 11.2 Å². The molecule has 6 nitrogen and oxygen atoms in total. The zero-order valence-corrected chi connectivity index (χ0v) is 12.3. The Morgan fingerprint density at radius 2 is 2.04 bits per heavy atom. The largest absolute Gasteiger partial charge is 0.436 e. The van der Waals surface area contributed by atoms with E-state index in [2.05, 4.69) is 15.1 Å². The Labute approximate surface area is 131 Å². The number of aldehydes is 1. The van der Waals surface area contributed by atoms with Crippen molar-refractivity contribution < 1.29 is 9.21 Å². The highest BCUT2D eigenvalue weighted by Gasteiger charge is 2.11. The van der Waals surface area contributed by atoms with E-state index in [0.717, 1.165) is 22.2 Å². The molecule has 0 spiro atoms. The van der Waals surface area contributed by atoms with Crippen molar-refractivity contribution >= 4 is 17.4 Å². The number of fused-ring (bicyclic) bond motifs is 1. The summed E-state index contributed by atoms with van der Waals surface area (Å²) in [6.45, 7) is 0. The third-order valence-electron chi connectivity index (χ3n) is 3.57. The molecular formula is C17H12N4O2. The quantitative estimate of drug-likeness (QED) is 0.544. The molecule has 0 amide bonds. The van der Waals surface area contributed by atoms with Gasteiger partial charge in [-0.1, -0.05) is 6.07 Å². The van der Waals surface area contributed by atoms with Crippen molar-refractivity contribution in [2.45, 2.75) is 0 Å². The molecule has 1 aromatic carbocycles. The third-order valence-corrected chi connectivity index (χ3v) is 3.57. The molecule has 0 unspecified atom stereocenters. The average molecular weight is 304 g/mol. The lowest BCUT2D eigenvalue weighted by atomic mass is 10.1. The van der Waals surface area contributed by atoms with Gasteiger partial charge in [0, 0.05) is 30.6 Å². The van der Waals surface area contributed by atoms with Gasteiger partial charge in [0.05, 0.1) is 6.20 Å². The Morgan fingerprint density at radius 3 is 2.83 bits per heavy atom. The van der Waals surface area contributed by atoms with Crippen LogP contribution in [0.2, 0.25) is 0 Å². The van der Waals surface area contributed by atoms with Crippen LogP contribution in [0.5, 0.6) is 0 Å². The van der Waals surface area contributed by atoms with Crippen molar-refractivity contribution in [1.29, 1.82) is 0 Å². The number of aromatic nitrogens is 4. The number of hydrogen-bond donors (Lipinski definition) is 0. The first-order valence-corrected chi connectivity index (χ1v) is 7.04. The van der Waals surface area contributed by atoms with Crippen molar-refractivity contribution in [3.05, 3.63) is 54.6 Å². The van der Waals surface area contributed by atoms with Gasteiger partial charge in [0.25, 0.3) is 0 Å². The van der Waals surface area contributed by atoms with Gasteiger partial charge in [-0.2, -0.15) is 5.10 Å². The molecule has 0 N–H and O–H groups in total. The fraction of sp³-hybridized carbons (Fsp3) is 0.0588. The van der Waals surface area contributed by atoms with Crippen LogP contribution >= 0.6 is 0 Å². The molecule has 0 aliphatic rings. The molecule has 4 rings (SSSR count). The molecular weight excluding hydrogens is 292 g/mol. The summed E-state index contributed by atoms with van der Waals surface area (Å²) < 4.78 is 7.53. The van der Waals surface area contributed by atoms with Crippen LogP contribution in [0.15, 0.2) is 53.3 Å². The second-order valence-electron chi connectivity index (χ2n) is 5.19. The zero-order chi connectivity index (χ0) is 15.8. The number of carbonyl (C=O) groups excluding carboxylic acids is 1. The minimum Gasteiger partial charge on any atom is -0.436 e. The number of nitrogens with zero attached hydrogens (tertiary/aromatic N) is 4. The van der Waals surface area contributed by atoms with Gasteiger partial charge >= 0.3 is 0 Å². The number of carbonyl (C=O) groups is 1. The van der Waals surface area contributed by atoms with Crippen molar-refractivity contribution in [1.82, 2.24) is 19.7 Å². The van der Waals surface area contributed by atoms with E-state index in [1.165, 1.54) is 0 Å². The molecule has 0 radical (unpaired) electrons. The predicted molar refractivity (Wildman–Crippen MR) is 84.8 cm³/mol. The highest BCUT2D eigenvalue weighted by atomic mass is 16.3. The molecule has 0 saturated heterocycles. The highest BCUT2D eigenvalue weighted by molar-refractivity contribution is 5.82. The maximum Gasteiger partial charge on any atom is 0.227 e. The zero-order valence-electron chi connectivity index (χ0n) is 12.3. The lowest BCUT2D eigenvalue weighted by molar-refractivity contribution is 0.111. The number of aryl methyl sites for hydroxylation is 1. The van der Waals surface area contributed by atoms with Gasteiger partial charge in [-0.05, 0) is 29.8 Å². The normalized spacial score (nSPS) is 11.0. The molecule has 3 heterocycles. The Kier molecular flexibility index (Phi) is 3.01. The summed E-state index contributed by atoms with van der Waals surface area (Å²) in [5.41, 5.74) is 4.56. The lowest BCUT2D eigenvalue weighted by Crippen LogP contribution is -1.86. The van der Waals surface area contributed by atoms with E-state index in [9.17, 15) is 4.79 Å². The minimum absolute atomic E-state index is 0.348. The molecule has 4 aromatic rings. The summed E-state index contributed by atoms with van der Waals surface area (Å²) in [5, 5.41) is 4.18. The first-order valence-electron chi connectivity index (χ1n) is 7.04. The second-order valence-corrected chi connectivity index (χ2v) is 5.19. The van der Waals surface area contributed by atoms with E-state index in [1.807, 2.05) is 31.4 Å². The molecule has 0 aliphatic heterocycles. The van der Waals surface area contributed by atoms with Crippen LogP contribution in [0.3, 0.4) is 0 Å². The van der Waals surface area contributed by atoms with E-state index in [-0.39, 0.29) is 0 Å². The number of pyridine rings is 1. The van der Waals surface area contributed by atoms with E-state index < -0.39 is 0 Å². The van der Waals surface area contributed by atoms with Crippen LogP contribution in [0, 0.1) is 0 Å². The molecule has 3 aromatic heterocycles. The van der Waals surface area contributed by atoms with Crippen LogP contribution in [0.25, 0.3) is 33.7 Å². The number of rotatable bonds is 3. The van der Waals surface area contributed by atoms with Crippen molar-refractivity contribution in [3.8, 4) is 22.6 Å². The smallest absolute Gasteiger partial charge is 0.227 e.